The monoisotopic (exact) mass is 488 g/mol. The molecule has 1 N–H and O–H groups in total. The van der Waals surface area contributed by atoms with Gasteiger partial charge >= 0.3 is 0 Å². The van der Waals surface area contributed by atoms with E-state index in [9.17, 15) is 4.79 Å². The summed E-state index contributed by atoms with van der Waals surface area (Å²) in [6, 6.07) is 4.17. The number of amides is 1. The minimum absolute atomic E-state index is 0. The quantitative estimate of drug-likeness (QED) is 0.400. The molecule has 0 aliphatic carbocycles. The third-order valence-electron chi connectivity index (χ3n) is 4.58. The lowest BCUT2D eigenvalue weighted by molar-refractivity contribution is -0.145. The van der Waals surface area contributed by atoms with Crippen molar-refractivity contribution in [1.29, 1.82) is 0 Å². The predicted octanol–water partition coefficient (Wildman–Crippen LogP) is 2.17. The first-order valence-electron chi connectivity index (χ1n) is 9.06. The maximum atomic E-state index is 12.7. The van der Waals surface area contributed by atoms with Crippen molar-refractivity contribution in [3.8, 4) is 0 Å². The molecular formula is C19H33IN6O. The van der Waals surface area contributed by atoms with Crippen molar-refractivity contribution < 1.29 is 4.79 Å². The van der Waals surface area contributed by atoms with Crippen molar-refractivity contribution in [1.82, 2.24) is 20.1 Å². The molecule has 152 valence electrons. The standard InChI is InChI=1S/C19H32N6O.HI/c1-14(2)25-16(26)12-24(13-19(25,3)4)18(20-5)22-11-15-9-8-10-21-17(15)23(6)7;/h8-10,14H,11-13H2,1-7H3,(H,20,22);1H. The number of anilines is 1. The minimum atomic E-state index is -0.246. The van der Waals surface area contributed by atoms with Crippen LogP contribution in [0.3, 0.4) is 0 Å². The summed E-state index contributed by atoms with van der Waals surface area (Å²) in [4.78, 5) is 27.5. The van der Waals surface area contributed by atoms with Crippen molar-refractivity contribution in [2.75, 3.05) is 39.1 Å². The van der Waals surface area contributed by atoms with Crippen LogP contribution in [0.2, 0.25) is 0 Å². The van der Waals surface area contributed by atoms with Gasteiger partial charge < -0.3 is 20.0 Å². The predicted molar refractivity (Wildman–Crippen MR) is 122 cm³/mol. The zero-order valence-corrected chi connectivity index (χ0v) is 19.8. The van der Waals surface area contributed by atoms with E-state index in [-0.39, 0.29) is 41.5 Å². The number of nitrogens with zero attached hydrogens (tertiary/aromatic N) is 5. The van der Waals surface area contributed by atoms with E-state index < -0.39 is 0 Å². The topological polar surface area (TPSA) is 64.1 Å². The Balaban J connectivity index is 0.00000364. The number of hydrogen-bond donors (Lipinski definition) is 1. The molecule has 1 saturated heterocycles. The van der Waals surface area contributed by atoms with Gasteiger partial charge in [0, 0.05) is 52.0 Å². The van der Waals surface area contributed by atoms with E-state index in [4.69, 9.17) is 0 Å². The Bertz CT molecular complexity index is 674. The van der Waals surface area contributed by atoms with Crippen LogP contribution in [0.25, 0.3) is 0 Å². The first-order chi connectivity index (χ1) is 12.2. The van der Waals surface area contributed by atoms with Gasteiger partial charge in [0.25, 0.3) is 0 Å². The summed E-state index contributed by atoms with van der Waals surface area (Å²) in [6.45, 7) is 10.0. The highest BCUT2D eigenvalue weighted by Gasteiger charge is 2.40. The van der Waals surface area contributed by atoms with E-state index in [0.717, 1.165) is 23.9 Å². The molecule has 0 bridgehead atoms. The lowest BCUT2D eigenvalue weighted by Gasteiger charge is -2.49. The van der Waals surface area contributed by atoms with E-state index in [2.05, 4.69) is 49.1 Å². The molecular weight excluding hydrogens is 455 g/mol. The highest BCUT2D eigenvalue weighted by atomic mass is 127. The first kappa shape index (κ1) is 23.5. The van der Waals surface area contributed by atoms with Crippen molar-refractivity contribution in [3.05, 3.63) is 23.9 Å². The molecule has 1 aliphatic heterocycles. The summed E-state index contributed by atoms with van der Waals surface area (Å²) in [7, 11) is 5.71. The van der Waals surface area contributed by atoms with Crippen LogP contribution in [0.5, 0.6) is 0 Å². The molecule has 0 atom stereocenters. The zero-order chi connectivity index (χ0) is 19.5. The van der Waals surface area contributed by atoms with Crippen LogP contribution in [0.4, 0.5) is 5.82 Å². The summed E-state index contributed by atoms with van der Waals surface area (Å²) in [5.41, 5.74) is 0.842. The zero-order valence-electron chi connectivity index (χ0n) is 17.5. The Morgan fingerprint density at radius 1 is 1.41 bits per heavy atom. The number of aliphatic imine (C=N–C) groups is 1. The van der Waals surface area contributed by atoms with Gasteiger partial charge in [0.2, 0.25) is 5.91 Å². The Morgan fingerprint density at radius 3 is 2.59 bits per heavy atom. The normalized spacial score (nSPS) is 17.0. The van der Waals surface area contributed by atoms with Gasteiger partial charge in [-0.1, -0.05) is 6.07 Å². The van der Waals surface area contributed by atoms with Crippen molar-refractivity contribution in [2.24, 2.45) is 4.99 Å². The molecule has 0 spiro atoms. The van der Waals surface area contributed by atoms with Gasteiger partial charge in [-0.15, -0.1) is 24.0 Å². The molecule has 0 unspecified atom stereocenters. The van der Waals surface area contributed by atoms with Gasteiger partial charge in [0.1, 0.15) is 5.82 Å². The van der Waals surface area contributed by atoms with Crippen LogP contribution in [0, 0.1) is 0 Å². The fraction of sp³-hybridized carbons (Fsp3) is 0.632. The second kappa shape index (κ2) is 9.57. The number of hydrogen-bond acceptors (Lipinski definition) is 4. The summed E-state index contributed by atoms with van der Waals surface area (Å²) < 4.78 is 0. The molecule has 1 aromatic rings. The van der Waals surface area contributed by atoms with Crippen molar-refractivity contribution in [3.63, 3.8) is 0 Å². The molecule has 2 heterocycles. The van der Waals surface area contributed by atoms with E-state index in [1.807, 2.05) is 34.9 Å². The number of rotatable bonds is 4. The highest BCUT2D eigenvalue weighted by Crippen LogP contribution is 2.24. The molecule has 1 aliphatic rings. The fourth-order valence-electron chi connectivity index (χ4n) is 3.79. The van der Waals surface area contributed by atoms with Crippen LogP contribution in [-0.4, -0.2) is 72.5 Å². The molecule has 27 heavy (non-hydrogen) atoms. The molecule has 7 nitrogen and oxygen atoms in total. The number of halogens is 1. The van der Waals surface area contributed by atoms with Crippen LogP contribution < -0.4 is 10.2 Å². The van der Waals surface area contributed by atoms with Gasteiger partial charge in [-0.2, -0.15) is 0 Å². The van der Waals surface area contributed by atoms with E-state index in [1.54, 1.807) is 13.2 Å². The lowest BCUT2D eigenvalue weighted by atomic mass is 9.96. The SMILES string of the molecule is CN=C(NCc1cccnc1N(C)C)N1CC(=O)N(C(C)C)C(C)(C)C1.I. The Morgan fingerprint density at radius 2 is 2.07 bits per heavy atom. The van der Waals surface area contributed by atoms with Crippen LogP contribution in [0.15, 0.2) is 23.3 Å². The van der Waals surface area contributed by atoms with Crippen LogP contribution in [0.1, 0.15) is 33.3 Å². The fourth-order valence-corrected chi connectivity index (χ4v) is 3.79. The smallest absolute Gasteiger partial charge is 0.242 e. The number of aromatic nitrogens is 1. The van der Waals surface area contributed by atoms with Gasteiger partial charge in [-0.3, -0.25) is 9.79 Å². The largest absolute Gasteiger partial charge is 0.362 e. The summed E-state index contributed by atoms with van der Waals surface area (Å²) in [5, 5.41) is 3.39. The Hall–Kier alpha value is -1.58. The van der Waals surface area contributed by atoms with Gasteiger partial charge in [0.15, 0.2) is 5.96 Å². The van der Waals surface area contributed by atoms with Crippen molar-refractivity contribution in [2.45, 2.75) is 45.8 Å². The molecule has 0 aromatic carbocycles. The average molecular weight is 488 g/mol. The number of carbonyl (C=O) groups excluding carboxylic acids is 1. The number of carbonyl (C=O) groups is 1. The Kier molecular flexibility index (Phi) is 8.31. The second-order valence-electron chi connectivity index (χ2n) is 7.81. The van der Waals surface area contributed by atoms with Crippen LogP contribution >= 0.6 is 24.0 Å². The average Bonchev–Trinajstić information content (AvgIpc) is 2.53. The molecule has 2 rings (SSSR count). The molecule has 1 aromatic heterocycles. The number of nitrogens with one attached hydrogen (secondary N) is 1. The third-order valence-corrected chi connectivity index (χ3v) is 4.58. The number of piperazine rings is 1. The van der Waals surface area contributed by atoms with Crippen LogP contribution in [-0.2, 0) is 11.3 Å². The van der Waals surface area contributed by atoms with E-state index in [1.165, 1.54) is 0 Å². The molecule has 1 amide bonds. The lowest BCUT2D eigenvalue weighted by Crippen LogP contribution is -2.66. The number of guanidine groups is 1. The third kappa shape index (κ3) is 5.46. The highest BCUT2D eigenvalue weighted by molar-refractivity contribution is 14.0. The van der Waals surface area contributed by atoms with Gasteiger partial charge in [-0.25, -0.2) is 4.98 Å². The minimum Gasteiger partial charge on any atom is -0.362 e. The molecule has 0 saturated carbocycles. The van der Waals surface area contributed by atoms with E-state index in [0.29, 0.717) is 13.1 Å². The Labute approximate surface area is 180 Å². The maximum Gasteiger partial charge on any atom is 0.242 e. The first-order valence-corrected chi connectivity index (χ1v) is 9.06. The van der Waals surface area contributed by atoms with E-state index >= 15 is 0 Å². The second-order valence-corrected chi connectivity index (χ2v) is 7.81. The summed E-state index contributed by atoms with van der Waals surface area (Å²) >= 11 is 0. The number of pyridine rings is 1. The van der Waals surface area contributed by atoms with Gasteiger partial charge in [0.05, 0.1) is 12.1 Å². The molecule has 0 radical (unpaired) electrons. The summed E-state index contributed by atoms with van der Waals surface area (Å²) in [6.07, 6.45) is 1.79. The van der Waals surface area contributed by atoms with Crippen molar-refractivity contribution >= 4 is 41.7 Å². The van der Waals surface area contributed by atoms with Gasteiger partial charge in [-0.05, 0) is 33.8 Å². The summed E-state index contributed by atoms with van der Waals surface area (Å²) in [5.74, 6) is 1.80. The molecule has 1 fully saturated rings. The maximum absolute atomic E-state index is 12.7. The molecule has 8 heteroatoms.